The number of nitrogens with zero attached hydrogens (tertiary/aromatic N) is 1. The van der Waals surface area contributed by atoms with Gasteiger partial charge in [-0.25, -0.2) is 4.98 Å². The smallest absolute Gasteiger partial charge is 0.183 e. The van der Waals surface area contributed by atoms with E-state index in [9.17, 15) is 4.79 Å². The van der Waals surface area contributed by atoms with Crippen LogP contribution in [0.4, 0.5) is 0 Å². The third-order valence-corrected chi connectivity index (χ3v) is 3.31. The summed E-state index contributed by atoms with van der Waals surface area (Å²) in [6.07, 6.45) is 1.88. The number of hydrogen-bond acceptors (Lipinski definition) is 5. The van der Waals surface area contributed by atoms with E-state index in [-0.39, 0.29) is 11.3 Å². The topological polar surface area (TPSA) is 65.2 Å². The molecule has 0 aromatic carbocycles. The van der Waals surface area contributed by atoms with Crippen LogP contribution in [0.3, 0.4) is 0 Å². The minimum Gasteiger partial charge on any atom is -0.381 e. The highest BCUT2D eigenvalue weighted by Crippen LogP contribution is 2.23. The molecule has 0 radical (unpaired) electrons. The lowest BCUT2D eigenvalue weighted by atomic mass is 9.85. The van der Waals surface area contributed by atoms with Gasteiger partial charge >= 0.3 is 0 Å². The zero-order valence-electron chi connectivity index (χ0n) is 8.44. The molecule has 0 bridgehead atoms. The van der Waals surface area contributed by atoms with Gasteiger partial charge in [0.25, 0.3) is 0 Å². The van der Waals surface area contributed by atoms with Gasteiger partial charge in [0, 0.05) is 30.6 Å². The van der Waals surface area contributed by atoms with E-state index in [2.05, 4.69) is 4.98 Å². The third kappa shape index (κ3) is 2.62. The fraction of sp³-hybridized carbons (Fsp3) is 0.600. The summed E-state index contributed by atoms with van der Waals surface area (Å²) in [5.74, 6) is 0.0423. The summed E-state index contributed by atoms with van der Waals surface area (Å²) in [6.45, 7) is 1.31. The van der Waals surface area contributed by atoms with Crippen LogP contribution in [0.5, 0.6) is 0 Å². The monoisotopic (exact) mass is 226 g/mol. The van der Waals surface area contributed by atoms with Gasteiger partial charge in [-0.3, -0.25) is 4.79 Å². The number of carbonyl (C=O) groups is 1. The molecule has 2 rings (SSSR count). The normalized spacial score (nSPS) is 20.1. The molecule has 0 unspecified atom stereocenters. The van der Waals surface area contributed by atoms with E-state index >= 15 is 0 Å². The van der Waals surface area contributed by atoms with Crippen molar-refractivity contribution in [2.75, 3.05) is 13.2 Å². The van der Waals surface area contributed by atoms with Gasteiger partial charge in [-0.15, -0.1) is 11.3 Å². The van der Waals surface area contributed by atoms with Gasteiger partial charge in [0.2, 0.25) is 0 Å². The second-order valence-electron chi connectivity index (χ2n) is 3.95. The minimum atomic E-state index is -0.390. The molecule has 2 heterocycles. The Morgan fingerprint density at radius 2 is 2.33 bits per heavy atom. The molecule has 0 saturated carbocycles. The molecule has 0 amide bonds. The molecule has 1 aliphatic rings. The summed E-state index contributed by atoms with van der Waals surface area (Å²) in [5.41, 5.74) is 7.96. The Morgan fingerprint density at radius 1 is 1.60 bits per heavy atom. The molecule has 0 spiro atoms. The standard InChI is InChI=1S/C10H14N2O2S/c11-10(1-3-14-4-2-10)5-9(13)8-6-15-7-12-8/h6-7H,1-5,11H2. The average molecular weight is 226 g/mol. The molecule has 0 atom stereocenters. The summed E-state index contributed by atoms with van der Waals surface area (Å²) < 4.78 is 5.23. The third-order valence-electron chi connectivity index (χ3n) is 2.72. The van der Waals surface area contributed by atoms with Crippen molar-refractivity contribution in [2.45, 2.75) is 24.8 Å². The first kappa shape index (κ1) is 10.7. The van der Waals surface area contributed by atoms with Crippen molar-refractivity contribution in [2.24, 2.45) is 5.73 Å². The number of aromatic nitrogens is 1. The van der Waals surface area contributed by atoms with E-state index in [1.54, 1.807) is 10.9 Å². The van der Waals surface area contributed by atoms with Crippen LogP contribution in [0.2, 0.25) is 0 Å². The van der Waals surface area contributed by atoms with Gasteiger partial charge in [-0.2, -0.15) is 0 Å². The van der Waals surface area contributed by atoms with Crippen molar-refractivity contribution < 1.29 is 9.53 Å². The van der Waals surface area contributed by atoms with Crippen LogP contribution in [0, 0.1) is 0 Å². The molecule has 0 aliphatic carbocycles. The molecule has 4 nitrogen and oxygen atoms in total. The summed E-state index contributed by atoms with van der Waals surface area (Å²) in [4.78, 5) is 15.8. The first-order chi connectivity index (χ1) is 7.20. The van der Waals surface area contributed by atoms with Gasteiger partial charge in [0.1, 0.15) is 5.69 Å². The van der Waals surface area contributed by atoms with Crippen molar-refractivity contribution in [3.8, 4) is 0 Å². The van der Waals surface area contributed by atoms with Crippen LogP contribution >= 0.6 is 11.3 Å². The van der Waals surface area contributed by atoms with Crippen molar-refractivity contribution in [1.29, 1.82) is 0 Å². The zero-order valence-corrected chi connectivity index (χ0v) is 9.26. The van der Waals surface area contributed by atoms with Crippen molar-refractivity contribution in [1.82, 2.24) is 4.98 Å². The van der Waals surface area contributed by atoms with Crippen LogP contribution in [-0.4, -0.2) is 29.5 Å². The number of ketones is 1. The van der Waals surface area contributed by atoms with E-state index < -0.39 is 0 Å². The SMILES string of the molecule is NC1(CC(=O)c2cscn2)CCOCC1. The van der Waals surface area contributed by atoms with Crippen LogP contribution in [0.1, 0.15) is 29.8 Å². The highest BCUT2D eigenvalue weighted by atomic mass is 32.1. The molecule has 1 fully saturated rings. The lowest BCUT2D eigenvalue weighted by Crippen LogP contribution is -2.46. The highest BCUT2D eigenvalue weighted by Gasteiger charge is 2.31. The molecular formula is C10H14N2O2S. The Kier molecular flexibility index (Phi) is 3.14. The van der Waals surface area contributed by atoms with Gasteiger partial charge in [-0.1, -0.05) is 0 Å². The molecule has 1 aromatic rings. The average Bonchev–Trinajstić information content (AvgIpc) is 2.70. The Balaban J connectivity index is 1.98. The van der Waals surface area contributed by atoms with Crippen molar-refractivity contribution in [3.63, 3.8) is 0 Å². The van der Waals surface area contributed by atoms with Gasteiger partial charge in [0.15, 0.2) is 5.78 Å². The summed E-state index contributed by atoms with van der Waals surface area (Å²) in [5, 5.41) is 1.77. The van der Waals surface area contributed by atoms with Gasteiger partial charge < -0.3 is 10.5 Å². The summed E-state index contributed by atoms with van der Waals surface area (Å²) >= 11 is 1.43. The maximum absolute atomic E-state index is 11.8. The van der Waals surface area contributed by atoms with Crippen LogP contribution in [-0.2, 0) is 4.74 Å². The Bertz CT molecular complexity index is 331. The molecular weight excluding hydrogens is 212 g/mol. The van der Waals surface area contributed by atoms with Crippen LogP contribution in [0.25, 0.3) is 0 Å². The molecule has 15 heavy (non-hydrogen) atoms. The van der Waals surface area contributed by atoms with Crippen LogP contribution < -0.4 is 5.73 Å². The van der Waals surface area contributed by atoms with E-state index in [0.29, 0.717) is 25.3 Å². The van der Waals surface area contributed by atoms with Gasteiger partial charge in [-0.05, 0) is 12.8 Å². The Morgan fingerprint density at radius 3 is 2.93 bits per heavy atom. The second-order valence-corrected chi connectivity index (χ2v) is 4.67. The predicted octanol–water partition coefficient (Wildman–Crippen LogP) is 1.22. The summed E-state index contributed by atoms with van der Waals surface area (Å²) in [6, 6.07) is 0. The van der Waals surface area contributed by atoms with E-state index in [0.717, 1.165) is 12.8 Å². The van der Waals surface area contributed by atoms with Gasteiger partial charge in [0.05, 0.1) is 5.51 Å². The van der Waals surface area contributed by atoms with E-state index in [1.165, 1.54) is 11.3 Å². The van der Waals surface area contributed by atoms with E-state index in [1.807, 2.05) is 0 Å². The molecule has 1 aromatic heterocycles. The van der Waals surface area contributed by atoms with Crippen molar-refractivity contribution in [3.05, 3.63) is 16.6 Å². The fourth-order valence-electron chi connectivity index (χ4n) is 1.72. The lowest BCUT2D eigenvalue weighted by molar-refractivity contribution is 0.0480. The molecule has 82 valence electrons. The maximum Gasteiger partial charge on any atom is 0.183 e. The molecule has 2 N–H and O–H groups in total. The Hall–Kier alpha value is -0.780. The number of thiazole rings is 1. The number of rotatable bonds is 3. The maximum atomic E-state index is 11.8. The number of nitrogens with two attached hydrogens (primary N) is 1. The number of Topliss-reactive ketones (excluding diaryl/α,β-unsaturated/α-hetero) is 1. The predicted molar refractivity (Wildman–Crippen MR) is 58.0 cm³/mol. The summed E-state index contributed by atoms with van der Waals surface area (Å²) in [7, 11) is 0. The number of carbonyl (C=O) groups excluding carboxylic acids is 1. The number of ether oxygens (including phenoxy) is 1. The first-order valence-electron chi connectivity index (χ1n) is 4.98. The second kappa shape index (κ2) is 4.38. The quantitative estimate of drug-likeness (QED) is 0.787. The molecule has 5 heteroatoms. The lowest BCUT2D eigenvalue weighted by Gasteiger charge is -2.32. The largest absolute Gasteiger partial charge is 0.381 e. The van der Waals surface area contributed by atoms with Crippen LogP contribution in [0.15, 0.2) is 10.9 Å². The zero-order chi connectivity index (χ0) is 10.7. The Labute approximate surface area is 92.5 Å². The number of hydrogen-bond donors (Lipinski definition) is 1. The fourth-order valence-corrected chi connectivity index (χ4v) is 2.27. The highest BCUT2D eigenvalue weighted by molar-refractivity contribution is 7.07. The van der Waals surface area contributed by atoms with E-state index in [4.69, 9.17) is 10.5 Å². The first-order valence-corrected chi connectivity index (χ1v) is 5.92. The minimum absolute atomic E-state index is 0.0423. The molecule has 1 aliphatic heterocycles. The van der Waals surface area contributed by atoms with Crippen molar-refractivity contribution >= 4 is 17.1 Å². The molecule has 1 saturated heterocycles.